The van der Waals surface area contributed by atoms with Crippen molar-refractivity contribution in [2.45, 2.75) is 33.3 Å². The van der Waals surface area contributed by atoms with Gasteiger partial charge in [-0.05, 0) is 44.8 Å². The average molecular weight is 341 g/mol. The summed E-state index contributed by atoms with van der Waals surface area (Å²) in [6.07, 6.45) is 0. The van der Waals surface area contributed by atoms with Gasteiger partial charge in [0, 0.05) is 24.5 Å². The molecule has 0 aliphatic carbocycles. The maximum atomic E-state index is 10.6. The van der Waals surface area contributed by atoms with Crippen LogP contribution in [0.2, 0.25) is 0 Å². The maximum absolute atomic E-state index is 10.6. The summed E-state index contributed by atoms with van der Waals surface area (Å²) in [5.41, 5.74) is -0.800. The number of guanidine groups is 1. The van der Waals surface area contributed by atoms with Crippen LogP contribution in [0.4, 0.5) is 0 Å². The minimum atomic E-state index is -0.899. The molecule has 1 heterocycles. The lowest BCUT2D eigenvalue weighted by Crippen LogP contribution is -2.45. The molecule has 0 saturated carbocycles. The summed E-state index contributed by atoms with van der Waals surface area (Å²) in [7, 11) is 4.15. The summed E-state index contributed by atoms with van der Waals surface area (Å²) in [5.74, 6) is 0.746. The molecule has 1 rings (SSSR count). The topological polar surface area (TPSA) is 59.9 Å². The highest BCUT2D eigenvalue weighted by Gasteiger charge is 2.24. The van der Waals surface area contributed by atoms with E-state index in [2.05, 4.69) is 48.5 Å². The predicted molar refractivity (Wildman–Crippen MR) is 100 cm³/mol. The van der Waals surface area contributed by atoms with E-state index in [4.69, 9.17) is 0 Å². The van der Waals surface area contributed by atoms with Crippen LogP contribution in [-0.4, -0.2) is 56.2 Å². The third kappa shape index (κ3) is 7.33. The van der Waals surface area contributed by atoms with Crippen molar-refractivity contribution < 1.29 is 5.11 Å². The third-order valence-corrected chi connectivity index (χ3v) is 4.53. The van der Waals surface area contributed by atoms with Gasteiger partial charge in [-0.3, -0.25) is 4.99 Å². The minimum Gasteiger partial charge on any atom is -0.383 e. The molecule has 0 radical (unpaired) electrons. The van der Waals surface area contributed by atoms with Gasteiger partial charge in [-0.25, -0.2) is 0 Å². The molecule has 1 atom stereocenters. The first-order valence-electron chi connectivity index (χ1n) is 8.09. The zero-order valence-electron chi connectivity index (χ0n) is 15.3. The monoisotopic (exact) mass is 340 g/mol. The van der Waals surface area contributed by atoms with E-state index in [0.717, 1.165) is 30.5 Å². The van der Waals surface area contributed by atoms with Crippen molar-refractivity contribution in [2.75, 3.05) is 40.3 Å². The van der Waals surface area contributed by atoms with E-state index in [-0.39, 0.29) is 5.41 Å². The number of rotatable bonds is 8. The third-order valence-electron chi connectivity index (χ3n) is 3.41. The highest BCUT2D eigenvalue weighted by molar-refractivity contribution is 7.10. The maximum Gasteiger partial charge on any atom is 0.191 e. The highest BCUT2D eigenvalue weighted by Crippen LogP contribution is 2.24. The zero-order chi connectivity index (χ0) is 17.5. The SMILES string of the molecule is CCNC(=NCC(C)(C)CN(C)C)NCC(C)(O)c1cccs1. The van der Waals surface area contributed by atoms with Crippen molar-refractivity contribution in [3.63, 3.8) is 0 Å². The molecular weight excluding hydrogens is 308 g/mol. The molecule has 0 saturated heterocycles. The fourth-order valence-electron chi connectivity index (χ4n) is 2.47. The lowest BCUT2D eigenvalue weighted by Gasteiger charge is -2.27. The van der Waals surface area contributed by atoms with Crippen LogP contribution in [0.15, 0.2) is 22.5 Å². The Kier molecular flexibility index (Phi) is 7.51. The fourth-order valence-corrected chi connectivity index (χ4v) is 3.26. The number of aliphatic imine (C=N–C) groups is 1. The van der Waals surface area contributed by atoms with Crippen LogP contribution in [0.25, 0.3) is 0 Å². The van der Waals surface area contributed by atoms with Gasteiger partial charge in [-0.2, -0.15) is 0 Å². The lowest BCUT2D eigenvalue weighted by molar-refractivity contribution is 0.0655. The van der Waals surface area contributed by atoms with Crippen molar-refractivity contribution in [1.82, 2.24) is 15.5 Å². The van der Waals surface area contributed by atoms with Crippen molar-refractivity contribution in [3.8, 4) is 0 Å². The number of aliphatic hydroxyl groups is 1. The molecule has 132 valence electrons. The van der Waals surface area contributed by atoms with E-state index in [1.54, 1.807) is 11.3 Å². The van der Waals surface area contributed by atoms with Gasteiger partial charge in [-0.15, -0.1) is 11.3 Å². The van der Waals surface area contributed by atoms with Gasteiger partial charge in [0.1, 0.15) is 5.60 Å². The quantitative estimate of drug-likeness (QED) is 0.501. The summed E-state index contributed by atoms with van der Waals surface area (Å²) in [5, 5.41) is 19.1. The molecule has 0 aliphatic heterocycles. The summed E-state index contributed by atoms with van der Waals surface area (Å²) in [4.78, 5) is 7.81. The van der Waals surface area contributed by atoms with Gasteiger partial charge >= 0.3 is 0 Å². The van der Waals surface area contributed by atoms with Gasteiger partial charge in [0.25, 0.3) is 0 Å². The average Bonchev–Trinajstić information content (AvgIpc) is 2.95. The first-order chi connectivity index (χ1) is 10.7. The first-order valence-corrected chi connectivity index (χ1v) is 8.97. The Hall–Kier alpha value is -1.11. The van der Waals surface area contributed by atoms with Crippen molar-refractivity contribution in [3.05, 3.63) is 22.4 Å². The van der Waals surface area contributed by atoms with Crippen molar-refractivity contribution >= 4 is 17.3 Å². The Morgan fingerprint density at radius 2 is 2.00 bits per heavy atom. The molecule has 23 heavy (non-hydrogen) atoms. The molecule has 1 aromatic rings. The second-order valence-corrected chi connectivity index (χ2v) is 8.15. The van der Waals surface area contributed by atoms with Crippen molar-refractivity contribution in [1.29, 1.82) is 0 Å². The number of nitrogens with zero attached hydrogens (tertiary/aromatic N) is 2. The van der Waals surface area contributed by atoms with Crippen LogP contribution in [-0.2, 0) is 5.60 Å². The summed E-state index contributed by atoms with van der Waals surface area (Å²) >= 11 is 1.56. The van der Waals surface area contributed by atoms with Gasteiger partial charge in [0.2, 0.25) is 0 Å². The predicted octanol–water partition coefficient (Wildman–Crippen LogP) is 2.10. The van der Waals surface area contributed by atoms with Crippen LogP contribution in [0.5, 0.6) is 0 Å². The molecule has 0 bridgehead atoms. The first kappa shape index (κ1) is 19.9. The molecule has 0 amide bonds. The number of thiophene rings is 1. The fraction of sp³-hybridized carbons (Fsp3) is 0.706. The molecule has 5 nitrogen and oxygen atoms in total. The molecule has 0 aromatic carbocycles. The number of nitrogens with one attached hydrogen (secondary N) is 2. The molecule has 3 N–H and O–H groups in total. The molecule has 0 aliphatic rings. The number of hydrogen-bond acceptors (Lipinski definition) is 4. The van der Waals surface area contributed by atoms with Crippen LogP contribution >= 0.6 is 11.3 Å². The van der Waals surface area contributed by atoms with Gasteiger partial charge in [0.05, 0.1) is 6.54 Å². The van der Waals surface area contributed by atoms with E-state index in [1.165, 1.54) is 0 Å². The smallest absolute Gasteiger partial charge is 0.191 e. The Balaban J connectivity index is 2.66. The normalized spacial score (nSPS) is 15.6. The van der Waals surface area contributed by atoms with Gasteiger partial charge < -0.3 is 20.6 Å². The van der Waals surface area contributed by atoms with Crippen LogP contribution < -0.4 is 10.6 Å². The second-order valence-electron chi connectivity index (χ2n) is 7.20. The van der Waals surface area contributed by atoms with Gasteiger partial charge in [0.15, 0.2) is 5.96 Å². The molecule has 0 fully saturated rings. The Labute approximate surface area is 144 Å². The minimum absolute atomic E-state index is 0.0993. The van der Waals surface area contributed by atoms with E-state index in [0.29, 0.717) is 6.54 Å². The lowest BCUT2D eigenvalue weighted by atomic mass is 9.93. The Morgan fingerprint density at radius 1 is 1.30 bits per heavy atom. The van der Waals surface area contributed by atoms with E-state index in [9.17, 15) is 5.11 Å². The molecule has 1 unspecified atom stereocenters. The number of hydrogen-bond donors (Lipinski definition) is 3. The second kappa shape index (κ2) is 8.66. The van der Waals surface area contributed by atoms with Crippen molar-refractivity contribution in [2.24, 2.45) is 10.4 Å². The molecular formula is C17H32N4OS. The van der Waals surface area contributed by atoms with E-state index >= 15 is 0 Å². The molecule has 0 spiro atoms. The highest BCUT2D eigenvalue weighted by atomic mass is 32.1. The zero-order valence-corrected chi connectivity index (χ0v) is 16.1. The van der Waals surface area contributed by atoms with Crippen LogP contribution in [0, 0.1) is 5.41 Å². The largest absolute Gasteiger partial charge is 0.383 e. The standard InChI is InChI=1S/C17H32N4OS/c1-7-18-15(19-11-16(2,3)13-21(5)6)20-12-17(4,22)14-9-8-10-23-14/h8-10,22H,7,11-13H2,1-6H3,(H2,18,19,20). The van der Waals surface area contributed by atoms with Gasteiger partial charge in [-0.1, -0.05) is 19.9 Å². The molecule has 1 aromatic heterocycles. The van der Waals surface area contributed by atoms with Crippen LogP contribution in [0.3, 0.4) is 0 Å². The summed E-state index contributed by atoms with van der Waals surface area (Å²) in [6.45, 7) is 11.2. The van der Waals surface area contributed by atoms with Crippen LogP contribution in [0.1, 0.15) is 32.6 Å². The van der Waals surface area contributed by atoms with E-state index in [1.807, 2.05) is 31.4 Å². The summed E-state index contributed by atoms with van der Waals surface area (Å²) < 4.78 is 0. The Morgan fingerprint density at radius 3 is 2.52 bits per heavy atom. The Bertz CT molecular complexity index is 481. The summed E-state index contributed by atoms with van der Waals surface area (Å²) in [6, 6.07) is 3.91. The molecule has 6 heteroatoms. The van der Waals surface area contributed by atoms with E-state index < -0.39 is 5.60 Å².